The van der Waals surface area contributed by atoms with Crippen LogP contribution < -0.4 is 119 Å². The minimum Gasteiger partial charge on any atom is -1.00 e. The molecular formula is C43H66I2KN15+2. The summed E-state index contributed by atoms with van der Waals surface area (Å²) in [6.07, 6.45) is 34.1. The molecule has 0 fully saturated rings. The fourth-order valence-electron chi connectivity index (χ4n) is 6.29. The van der Waals surface area contributed by atoms with Crippen molar-refractivity contribution in [2.24, 2.45) is 0 Å². The number of hydrogen-bond acceptors (Lipinski definition) is 3. The predicted octanol–water partition coefficient (Wildman–Crippen LogP) is -5.67. The van der Waals surface area contributed by atoms with Crippen molar-refractivity contribution in [1.82, 2.24) is 53.2 Å². The van der Waals surface area contributed by atoms with Crippen LogP contribution in [0.25, 0.3) is 0 Å². The molecule has 0 saturated heterocycles. The van der Waals surface area contributed by atoms with Crippen LogP contribution >= 0.6 is 0 Å². The van der Waals surface area contributed by atoms with E-state index in [0.717, 1.165) is 52.4 Å². The number of H-pyrrole nitrogens is 4. The molecule has 0 radical (unpaired) electrons. The molecule has 8 rings (SSSR count). The van der Waals surface area contributed by atoms with Crippen molar-refractivity contribution < 1.29 is 121 Å². The van der Waals surface area contributed by atoms with Crippen molar-refractivity contribution in [3.8, 4) is 0 Å². The second kappa shape index (κ2) is 31.7. The number of nitrogens with zero attached hydrogens (tertiary/aromatic N) is 9. The maximum atomic E-state index is 4.02. The number of aryl methyl sites for hydroxylation is 2. The molecule has 8 aromatic rings. The summed E-state index contributed by atoms with van der Waals surface area (Å²) in [5.41, 5.74) is 7.48. The zero-order valence-electron chi connectivity index (χ0n) is 37.5. The number of rotatable bonds is 18. The third-order valence-corrected chi connectivity index (χ3v) is 9.24. The van der Waals surface area contributed by atoms with E-state index < -0.39 is 0 Å². The monoisotopic (exact) mass is 1090 g/mol. The van der Waals surface area contributed by atoms with Gasteiger partial charge in [0.1, 0.15) is 51.0 Å². The molecule has 8 N–H and O–H groups in total. The first-order chi connectivity index (χ1) is 28.5. The van der Waals surface area contributed by atoms with Crippen LogP contribution in [0.4, 0.5) is 0 Å². The van der Waals surface area contributed by atoms with E-state index in [-0.39, 0.29) is 101 Å². The molecular weight excluding hydrogens is 1020 g/mol. The molecule has 18 heteroatoms. The summed E-state index contributed by atoms with van der Waals surface area (Å²) >= 11 is 0. The van der Waals surface area contributed by atoms with Crippen LogP contribution in [0.5, 0.6) is 0 Å². The molecule has 0 amide bonds. The van der Waals surface area contributed by atoms with Gasteiger partial charge >= 0.3 is 51.4 Å². The molecule has 0 aliphatic heterocycles. The summed E-state index contributed by atoms with van der Waals surface area (Å²) in [5, 5.41) is 4.32. The first-order valence-electron chi connectivity index (χ1n) is 20.5. The Labute approximate surface area is 439 Å². The van der Waals surface area contributed by atoms with Gasteiger partial charge in [-0.25, -0.2) is 33.2 Å². The zero-order chi connectivity index (χ0) is 40.6. The zero-order valence-corrected chi connectivity index (χ0v) is 44.0. The van der Waals surface area contributed by atoms with Gasteiger partial charge in [-0.3, -0.25) is 0 Å². The Morgan fingerprint density at radius 3 is 1.39 bits per heavy atom. The third kappa shape index (κ3) is 20.8. The average Bonchev–Trinajstić information content (AvgIpc) is 4.07. The van der Waals surface area contributed by atoms with Gasteiger partial charge in [-0.2, -0.15) is 0 Å². The summed E-state index contributed by atoms with van der Waals surface area (Å²) in [6.45, 7) is 12.2. The Morgan fingerprint density at radius 2 is 1.02 bits per heavy atom. The first kappa shape index (κ1) is 54.0. The van der Waals surface area contributed by atoms with Crippen LogP contribution in [0.2, 0.25) is 0 Å². The number of aromatic nitrogens is 13. The van der Waals surface area contributed by atoms with E-state index in [2.05, 4.69) is 166 Å². The number of nitrogens with one attached hydrogen (secondary N) is 4. The SMILES string of the molecule is CCCCn1cc[n+](Cc2ccc(C[n+]3ccn(CCCC)c3)[nH]2)c1.C[NH2+]Cc1ccc(C[NH2+]C)[nH]1.[H-].[I-].[I-].[K+].c1c[nH]cn1.c1cn(Cc2ccc(Cn3ccnc3)[nH]2)cn1. The van der Waals surface area contributed by atoms with Gasteiger partial charge < -0.3 is 89.1 Å². The van der Waals surface area contributed by atoms with Crippen molar-refractivity contribution in [2.45, 2.75) is 91.9 Å². The molecule has 0 saturated carbocycles. The number of halogens is 2. The van der Waals surface area contributed by atoms with Crippen LogP contribution in [0.15, 0.2) is 130 Å². The maximum absolute atomic E-state index is 4.02. The summed E-state index contributed by atoms with van der Waals surface area (Å²) in [7, 11) is 4.15. The van der Waals surface area contributed by atoms with Gasteiger partial charge in [-0.05, 0) is 49.2 Å². The summed E-state index contributed by atoms with van der Waals surface area (Å²) in [5.74, 6) is 0. The van der Waals surface area contributed by atoms with Crippen molar-refractivity contribution in [3.63, 3.8) is 0 Å². The van der Waals surface area contributed by atoms with E-state index >= 15 is 0 Å². The smallest absolute Gasteiger partial charge is 1.00 e. The summed E-state index contributed by atoms with van der Waals surface area (Å²) in [6, 6.07) is 12.9. The predicted molar refractivity (Wildman–Crippen MR) is 225 cm³/mol. The van der Waals surface area contributed by atoms with E-state index in [0.29, 0.717) is 0 Å². The van der Waals surface area contributed by atoms with Gasteiger partial charge in [0.05, 0.1) is 82.0 Å². The molecule has 326 valence electrons. The van der Waals surface area contributed by atoms with Crippen molar-refractivity contribution >= 4 is 0 Å². The van der Waals surface area contributed by atoms with Crippen molar-refractivity contribution in [2.75, 3.05) is 14.1 Å². The number of quaternary nitrogens is 2. The molecule has 8 heterocycles. The van der Waals surface area contributed by atoms with Gasteiger partial charge in [-0.15, -0.1) is 0 Å². The normalized spacial score (nSPS) is 10.2. The van der Waals surface area contributed by atoms with Crippen LogP contribution in [-0.2, 0) is 52.4 Å². The minimum absolute atomic E-state index is 0. The summed E-state index contributed by atoms with van der Waals surface area (Å²) < 4.78 is 13.1. The number of unbranched alkanes of at least 4 members (excludes halogenated alkanes) is 2. The van der Waals surface area contributed by atoms with Crippen molar-refractivity contribution in [3.05, 3.63) is 164 Å². The van der Waals surface area contributed by atoms with Gasteiger partial charge in [0.25, 0.3) is 0 Å². The molecule has 0 aliphatic rings. The Bertz CT molecular complexity index is 2030. The Hall–Kier alpha value is -3.09. The molecule has 0 atom stereocenters. The molecule has 0 aliphatic carbocycles. The minimum atomic E-state index is 0. The molecule has 0 unspecified atom stereocenters. The topological polar surface area (TPSA) is 163 Å². The van der Waals surface area contributed by atoms with E-state index in [1.807, 2.05) is 34.2 Å². The van der Waals surface area contributed by atoms with E-state index in [9.17, 15) is 0 Å². The Kier molecular flexibility index (Phi) is 28.1. The molecule has 61 heavy (non-hydrogen) atoms. The van der Waals surface area contributed by atoms with Gasteiger partial charge in [0.15, 0.2) is 0 Å². The van der Waals surface area contributed by atoms with Crippen LogP contribution in [0.3, 0.4) is 0 Å². The molecule has 8 aromatic heterocycles. The average molecular weight is 1090 g/mol. The first-order valence-corrected chi connectivity index (χ1v) is 20.5. The van der Waals surface area contributed by atoms with Crippen LogP contribution in [-0.4, -0.2) is 67.3 Å². The maximum Gasteiger partial charge on any atom is 1.00 e. The van der Waals surface area contributed by atoms with E-state index in [1.54, 1.807) is 31.1 Å². The van der Waals surface area contributed by atoms with Crippen LogP contribution in [0.1, 0.15) is 75.1 Å². The van der Waals surface area contributed by atoms with Crippen molar-refractivity contribution in [1.29, 1.82) is 0 Å². The Morgan fingerprint density at radius 1 is 0.574 bits per heavy atom. The van der Waals surface area contributed by atoms with Gasteiger partial charge in [0, 0.05) is 48.6 Å². The standard InChI is InChI=1S/C20H31N5.C12H13N5.C8H15N3.C3H4N2.2HI.K.H/c1-3-5-9-22-11-13-24(17-22)15-19-7-8-20(21-19)16-25-14-12-23(18-25)10-6-4-2;1-2-12(8-17-6-4-14-10-17)15-11(1)7-16-5-3-13-9-16;1-9-5-7-3-4-8(11-7)6-10-2;1-2-5-3-4-1;;;;/h7-8,11-14,17-18,21H,3-6,9-10,15-16H2,1-2H3;1-6,9-10,15H,7-8H2;3-4,9-11H,5-6H2,1-2H3;1-3H,(H,4,5);2*1H;;/q+2;;;;;;+1;-1. The van der Waals surface area contributed by atoms with Crippen LogP contribution in [0, 0.1) is 0 Å². The molecule has 0 bridgehead atoms. The quantitative estimate of drug-likeness (QED) is 0.0288. The largest absolute Gasteiger partial charge is 1.00 e. The molecule has 0 aromatic carbocycles. The summed E-state index contributed by atoms with van der Waals surface area (Å²) in [4.78, 5) is 24.8. The number of aromatic amines is 4. The molecule has 15 nitrogen and oxygen atoms in total. The molecule has 0 spiro atoms. The second-order valence-electron chi connectivity index (χ2n) is 14.3. The Balaban J connectivity index is 0.000000451. The number of imidazole rings is 5. The fraction of sp³-hybridized carbons (Fsp3) is 0.372. The van der Waals surface area contributed by atoms with Gasteiger partial charge in [0.2, 0.25) is 12.7 Å². The second-order valence-corrected chi connectivity index (χ2v) is 14.3. The fourth-order valence-corrected chi connectivity index (χ4v) is 6.29. The van der Waals surface area contributed by atoms with Gasteiger partial charge in [-0.1, -0.05) is 26.7 Å². The number of nitrogens with two attached hydrogens (primary N) is 2. The third-order valence-electron chi connectivity index (χ3n) is 9.24. The number of hydrogen-bond donors (Lipinski definition) is 6. The van der Waals surface area contributed by atoms with E-state index in [1.165, 1.54) is 59.8 Å². The van der Waals surface area contributed by atoms with E-state index in [4.69, 9.17) is 0 Å².